The second-order valence-corrected chi connectivity index (χ2v) is 6.56. The topological polar surface area (TPSA) is 77.5 Å². The van der Waals surface area contributed by atoms with Gasteiger partial charge in [0.2, 0.25) is 0 Å². The van der Waals surface area contributed by atoms with Crippen molar-refractivity contribution in [1.82, 2.24) is 4.98 Å². The molecule has 8 heteroatoms. The van der Waals surface area contributed by atoms with E-state index in [-0.39, 0.29) is 6.61 Å². The number of aryl methyl sites for hydroxylation is 3. The molecule has 0 saturated carbocycles. The van der Waals surface area contributed by atoms with Crippen LogP contribution in [0.2, 0.25) is 5.02 Å². The smallest absolute Gasteiger partial charge is 0.350 e. The quantitative estimate of drug-likeness (QED) is 0.817. The number of hydrogen-bond donors (Lipinski definition) is 1. The van der Waals surface area contributed by atoms with Crippen molar-refractivity contribution < 1.29 is 19.1 Å². The van der Waals surface area contributed by atoms with Gasteiger partial charge in [0.1, 0.15) is 10.6 Å². The van der Waals surface area contributed by atoms with Crippen LogP contribution in [0.1, 0.15) is 26.5 Å². The molecule has 0 radical (unpaired) electrons. The Morgan fingerprint density at radius 1 is 1.29 bits per heavy atom. The Hall–Kier alpha value is -2.12. The molecule has 0 aliphatic carbocycles. The van der Waals surface area contributed by atoms with Crippen LogP contribution in [0.25, 0.3) is 0 Å². The van der Waals surface area contributed by atoms with E-state index in [9.17, 15) is 9.59 Å². The number of methoxy groups -OCH3 is 1. The van der Waals surface area contributed by atoms with Crippen molar-refractivity contribution in [3.05, 3.63) is 38.9 Å². The number of thiazole rings is 1. The van der Waals surface area contributed by atoms with E-state index in [4.69, 9.17) is 16.3 Å². The van der Waals surface area contributed by atoms with Crippen LogP contribution in [0.15, 0.2) is 12.1 Å². The monoisotopic (exact) mass is 368 g/mol. The number of amides is 1. The van der Waals surface area contributed by atoms with E-state index in [1.165, 1.54) is 7.11 Å². The third-order valence-electron chi connectivity index (χ3n) is 3.13. The van der Waals surface area contributed by atoms with Crippen LogP contribution >= 0.6 is 22.9 Å². The SMILES string of the molecule is COC(=O)c1sc(NC(=O)COc2c(C)cc(C)cc2Cl)nc1C. The zero-order chi connectivity index (χ0) is 17.9. The van der Waals surface area contributed by atoms with E-state index in [0.29, 0.717) is 26.5 Å². The first-order valence-electron chi connectivity index (χ1n) is 7.07. The average molecular weight is 369 g/mol. The third kappa shape index (κ3) is 4.24. The number of aromatic nitrogens is 1. The largest absolute Gasteiger partial charge is 0.482 e. The summed E-state index contributed by atoms with van der Waals surface area (Å²) in [5, 5.41) is 3.37. The van der Waals surface area contributed by atoms with E-state index in [1.807, 2.05) is 19.9 Å². The molecule has 1 aromatic carbocycles. The number of halogens is 1. The molecule has 0 aliphatic heterocycles. The molecule has 6 nitrogen and oxygen atoms in total. The van der Waals surface area contributed by atoms with Crippen LogP contribution in [-0.4, -0.2) is 30.6 Å². The highest BCUT2D eigenvalue weighted by atomic mass is 35.5. The van der Waals surface area contributed by atoms with Crippen LogP contribution in [0.3, 0.4) is 0 Å². The molecule has 1 amide bonds. The summed E-state index contributed by atoms with van der Waals surface area (Å²) >= 11 is 7.19. The Kier molecular flexibility index (Phi) is 5.80. The summed E-state index contributed by atoms with van der Waals surface area (Å²) in [6.07, 6.45) is 0. The maximum absolute atomic E-state index is 12.0. The van der Waals surface area contributed by atoms with Crippen molar-refractivity contribution in [3.8, 4) is 5.75 Å². The number of hydrogen-bond acceptors (Lipinski definition) is 6. The number of ether oxygens (including phenoxy) is 2. The first-order chi connectivity index (χ1) is 11.3. The van der Waals surface area contributed by atoms with Gasteiger partial charge < -0.3 is 9.47 Å². The van der Waals surface area contributed by atoms with Gasteiger partial charge in [0, 0.05) is 0 Å². The van der Waals surface area contributed by atoms with Gasteiger partial charge in [-0.1, -0.05) is 29.0 Å². The fourth-order valence-electron chi connectivity index (χ4n) is 2.11. The Morgan fingerprint density at radius 2 is 2.00 bits per heavy atom. The summed E-state index contributed by atoms with van der Waals surface area (Å²) in [4.78, 5) is 28.0. The van der Waals surface area contributed by atoms with Crippen LogP contribution < -0.4 is 10.1 Å². The lowest BCUT2D eigenvalue weighted by Gasteiger charge is -2.11. The molecule has 2 aromatic rings. The zero-order valence-electron chi connectivity index (χ0n) is 13.7. The minimum Gasteiger partial charge on any atom is -0.482 e. The van der Waals surface area contributed by atoms with Gasteiger partial charge in [-0.25, -0.2) is 9.78 Å². The molecule has 0 atom stereocenters. The number of carbonyl (C=O) groups is 2. The van der Waals surface area contributed by atoms with Crippen molar-refractivity contribution in [2.45, 2.75) is 20.8 Å². The normalized spacial score (nSPS) is 10.4. The fourth-order valence-corrected chi connectivity index (χ4v) is 3.39. The lowest BCUT2D eigenvalue weighted by atomic mass is 10.1. The van der Waals surface area contributed by atoms with Crippen molar-refractivity contribution in [2.75, 3.05) is 19.0 Å². The van der Waals surface area contributed by atoms with Gasteiger partial charge in [-0.2, -0.15) is 0 Å². The molecule has 1 heterocycles. The van der Waals surface area contributed by atoms with E-state index in [1.54, 1.807) is 13.0 Å². The molecule has 0 aliphatic rings. The fraction of sp³-hybridized carbons (Fsp3) is 0.312. The van der Waals surface area contributed by atoms with Gasteiger partial charge in [-0.05, 0) is 38.0 Å². The van der Waals surface area contributed by atoms with E-state index < -0.39 is 11.9 Å². The van der Waals surface area contributed by atoms with Crippen molar-refractivity contribution in [2.24, 2.45) is 0 Å². The second kappa shape index (κ2) is 7.63. The van der Waals surface area contributed by atoms with Gasteiger partial charge in [-0.15, -0.1) is 0 Å². The summed E-state index contributed by atoms with van der Waals surface area (Å²) in [7, 11) is 1.29. The summed E-state index contributed by atoms with van der Waals surface area (Å²) in [6, 6.07) is 3.69. The highest BCUT2D eigenvalue weighted by molar-refractivity contribution is 7.17. The predicted molar refractivity (Wildman–Crippen MR) is 93.2 cm³/mol. The number of benzene rings is 1. The molecule has 0 fully saturated rings. The van der Waals surface area contributed by atoms with E-state index in [2.05, 4.69) is 15.0 Å². The summed E-state index contributed by atoms with van der Waals surface area (Å²) in [5.41, 5.74) is 2.37. The number of esters is 1. The summed E-state index contributed by atoms with van der Waals surface area (Å²) in [6.45, 7) is 5.25. The first kappa shape index (κ1) is 18.2. The number of anilines is 1. The number of nitrogens with one attached hydrogen (secondary N) is 1. The van der Waals surface area contributed by atoms with Gasteiger partial charge in [0.15, 0.2) is 11.7 Å². The summed E-state index contributed by atoms with van der Waals surface area (Å²) in [5.74, 6) is -0.400. The lowest BCUT2D eigenvalue weighted by Crippen LogP contribution is -2.20. The lowest BCUT2D eigenvalue weighted by molar-refractivity contribution is -0.118. The summed E-state index contributed by atoms with van der Waals surface area (Å²) < 4.78 is 10.2. The Morgan fingerprint density at radius 3 is 2.62 bits per heavy atom. The van der Waals surface area contributed by atoms with Gasteiger partial charge in [0.05, 0.1) is 17.8 Å². The molecular formula is C16H17ClN2O4S. The van der Waals surface area contributed by atoms with Crippen LogP contribution in [0.4, 0.5) is 5.13 Å². The second-order valence-electron chi connectivity index (χ2n) is 5.15. The maximum Gasteiger partial charge on any atom is 0.350 e. The van der Waals surface area contributed by atoms with Crippen LogP contribution in [-0.2, 0) is 9.53 Å². The molecule has 0 saturated heterocycles. The van der Waals surface area contributed by atoms with Crippen molar-refractivity contribution in [3.63, 3.8) is 0 Å². The predicted octanol–water partition coefficient (Wildman–Crippen LogP) is 3.53. The first-order valence-corrected chi connectivity index (χ1v) is 8.26. The number of rotatable bonds is 5. The molecule has 0 unspecified atom stereocenters. The minimum atomic E-state index is -0.483. The molecule has 0 bridgehead atoms. The van der Waals surface area contributed by atoms with E-state index in [0.717, 1.165) is 22.5 Å². The number of nitrogens with zero attached hydrogens (tertiary/aromatic N) is 1. The van der Waals surface area contributed by atoms with Gasteiger partial charge in [0.25, 0.3) is 5.91 Å². The Labute approximate surface area is 148 Å². The molecule has 2 rings (SSSR count). The van der Waals surface area contributed by atoms with Crippen molar-refractivity contribution >= 4 is 39.9 Å². The highest BCUT2D eigenvalue weighted by Crippen LogP contribution is 2.30. The number of carbonyl (C=O) groups excluding carboxylic acids is 2. The molecule has 24 heavy (non-hydrogen) atoms. The Balaban J connectivity index is 2.01. The standard InChI is InChI=1S/C16H17ClN2O4S/c1-8-5-9(2)13(11(17)6-8)23-7-12(20)19-16-18-10(3)14(24-16)15(21)22-4/h5-6H,7H2,1-4H3,(H,18,19,20). The Bertz CT molecular complexity index is 765. The highest BCUT2D eigenvalue weighted by Gasteiger charge is 2.17. The van der Waals surface area contributed by atoms with Gasteiger partial charge in [-0.3, -0.25) is 10.1 Å². The minimum absolute atomic E-state index is 0.212. The van der Waals surface area contributed by atoms with Crippen molar-refractivity contribution in [1.29, 1.82) is 0 Å². The third-order valence-corrected chi connectivity index (χ3v) is 4.47. The molecule has 0 spiro atoms. The molecular weight excluding hydrogens is 352 g/mol. The average Bonchev–Trinajstić information content (AvgIpc) is 2.85. The van der Waals surface area contributed by atoms with Crippen LogP contribution in [0, 0.1) is 20.8 Å². The van der Waals surface area contributed by atoms with Gasteiger partial charge >= 0.3 is 5.97 Å². The van der Waals surface area contributed by atoms with E-state index >= 15 is 0 Å². The molecule has 1 aromatic heterocycles. The zero-order valence-corrected chi connectivity index (χ0v) is 15.3. The maximum atomic E-state index is 12.0. The van der Waals surface area contributed by atoms with Crippen LogP contribution in [0.5, 0.6) is 5.75 Å². The molecule has 128 valence electrons. The molecule has 1 N–H and O–H groups in total.